The molecule has 0 saturated heterocycles. The van der Waals surface area contributed by atoms with Crippen LogP contribution < -0.4 is 16.4 Å². The van der Waals surface area contributed by atoms with Crippen LogP contribution in [0.25, 0.3) is 16.9 Å². The van der Waals surface area contributed by atoms with Gasteiger partial charge in [0.2, 0.25) is 0 Å². The van der Waals surface area contributed by atoms with Crippen molar-refractivity contribution in [2.45, 2.75) is 38.8 Å². The zero-order valence-electron chi connectivity index (χ0n) is 15.9. The van der Waals surface area contributed by atoms with Gasteiger partial charge in [0, 0.05) is 35.8 Å². The van der Waals surface area contributed by atoms with Crippen molar-refractivity contribution in [2.24, 2.45) is 5.73 Å². The molecular formula is C20H23ClN6O. The minimum atomic E-state index is -0.0201. The quantitative estimate of drug-likeness (QED) is 0.593. The maximum absolute atomic E-state index is 12.4. The molecule has 28 heavy (non-hydrogen) atoms. The number of rotatable bonds is 6. The second kappa shape index (κ2) is 7.41. The molecule has 1 fully saturated rings. The lowest BCUT2D eigenvalue weighted by Crippen LogP contribution is -2.26. The fourth-order valence-electron chi connectivity index (χ4n) is 3.11. The van der Waals surface area contributed by atoms with Gasteiger partial charge >= 0.3 is 0 Å². The second-order valence-electron chi connectivity index (χ2n) is 7.40. The normalized spacial score (nSPS) is 14.9. The molecule has 7 nitrogen and oxygen atoms in total. The van der Waals surface area contributed by atoms with Crippen LogP contribution in [0.3, 0.4) is 0 Å². The van der Waals surface area contributed by atoms with E-state index in [9.17, 15) is 4.79 Å². The first-order valence-corrected chi connectivity index (χ1v) is 9.76. The van der Waals surface area contributed by atoms with Gasteiger partial charge in [0.15, 0.2) is 10.8 Å². The van der Waals surface area contributed by atoms with E-state index in [0.717, 1.165) is 35.3 Å². The molecule has 8 heteroatoms. The molecule has 1 aliphatic carbocycles. The number of nitrogens with zero attached hydrogens (tertiary/aromatic N) is 3. The summed E-state index contributed by atoms with van der Waals surface area (Å²) < 4.78 is 1.71. The minimum Gasteiger partial charge on any atom is -0.380 e. The van der Waals surface area contributed by atoms with Crippen molar-refractivity contribution < 1.29 is 4.79 Å². The van der Waals surface area contributed by atoms with Crippen LogP contribution in [0.4, 0.5) is 5.69 Å². The van der Waals surface area contributed by atoms with Crippen LogP contribution in [0, 0.1) is 6.92 Å². The lowest BCUT2D eigenvalue weighted by Gasteiger charge is -2.11. The van der Waals surface area contributed by atoms with Crippen LogP contribution in [0.2, 0.25) is 5.15 Å². The van der Waals surface area contributed by atoms with Gasteiger partial charge < -0.3 is 16.4 Å². The van der Waals surface area contributed by atoms with Crippen molar-refractivity contribution in [3.63, 3.8) is 0 Å². The molecule has 1 aromatic carbocycles. The molecule has 1 amide bonds. The number of aromatic nitrogens is 3. The van der Waals surface area contributed by atoms with Gasteiger partial charge in [-0.25, -0.2) is 9.50 Å². The van der Waals surface area contributed by atoms with Crippen molar-refractivity contribution in [3.05, 3.63) is 46.7 Å². The van der Waals surface area contributed by atoms with Crippen molar-refractivity contribution in [3.8, 4) is 11.3 Å². The summed E-state index contributed by atoms with van der Waals surface area (Å²) in [6, 6.07) is 7.81. The lowest BCUT2D eigenvalue weighted by molar-refractivity contribution is 0.0950. The smallest absolute Gasteiger partial charge is 0.251 e. The first-order chi connectivity index (χ1) is 13.4. The highest BCUT2D eigenvalue weighted by Crippen LogP contribution is 2.27. The van der Waals surface area contributed by atoms with E-state index in [1.54, 1.807) is 16.8 Å². The van der Waals surface area contributed by atoms with Gasteiger partial charge in [-0.15, -0.1) is 0 Å². The predicted molar refractivity (Wildman–Crippen MR) is 111 cm³/mol. The summed E-state index contributed by atoms with van der Waals surface area (Å²) in [6.45, 7) is 4.46. The fraction of sp³-hybridized carbons (Fsp3) is 0.350. The molecule has 3 aromatic rings. The number of amides is 1. The Morgan fingerprint density at radius 1 is 1.39 bits per heavy atom. The third kappa shape index (κ3) is 3.81. The van der Waals surface area contributed by atoms with Crippen molar-refractivity contribution >= 4 is 28.8 Å². The molecule has 146 valence electrons. The van der Waals surface area contributed by atoms with Crippen molar-refractivity contribution in [1.29, 1.82) is 0 Å². The van der Waals surface area contributed by atoms with E-state index in [4.69, 9.17) is 17.3 Å². The number of hydrogen-bond donors (Lipinski definition) is 3. The van der Waals surface area contributed by atoms with E-state index < -0.39 is 0 Å². The maximum Gasteiger partial charge on any atom is 0.251 e. The molecule has 1 atom stereocenters. The highest BCUT2D eigenvalue weighted by atomic mass is 35.5. The van der Waals surface area contributed by atoms with E-state index in [-0.39, 0.29) is 11.9 Å². The van der Waals surface area contributed by atoms with Crippen molar-refractivity contribution in [1.82, 2.24) is 19.9 Å². The predicted octanol–water partition coefficient (Wildman–Crippen LogP) is 3.01. The third-order valence-electron chi connectivity index (χ3n) is 4.73. The first kappa shape index (κ1) is 18.7. The molecule has 2 heterocycles. The highest BCUT2D eigenvalue weighted by molar-refractivity contribution is 6.29. The Balaban J connectivity index is 1.69. The molecular weight excluding hydrogens is 376 g/mol. The molecule has 0 radical (unpaired) electrons. The Morgan fingerprint density at radius 3 is 2.86 bits per heavy atom. The first-order valence-electron chi connectivity index (χ1n) is 9.38. The number of nitrogens with two attached hydrogens (primary N) is 1. The number of anilines is 1. The van der Waals surface area contributed by atoms with Gasteiger partial charge in [-0.05, 0) is 44.4 Å². The molecule has 2 aromatic heterocycles. The van der Waals surface area contributed by atoms with E-state index in [1.165, 1.54) is 0 Å². The van der Waals surface area contributed by atoms with Gasteiger partial charge in [-0.1, -0.05) is 17.7 Å². The summed E-state index contributed by atoms with van der Waals surface area (Å²) in [5, 5.41) is 11.1. The number of halogens is 1. The molecule has 4 rings (SSSR count). The number of nitrogens with one attached hydrogen (secondary N) is 2. The Hall–Kier alpha value is -2.64. The summed E-state index contributed by atoms with van der Waals surface area (Å²) in [5.74, 6) is -0.0201. The van der Waals surface area contributed by atoms with Crippen LogP contribution >= 0.6 is 11.6 Å². The number of carbonyl (C=O) groups excluding carboxylic acids is 1. The third-order valence-corrected chi connectivity index (χ3v) is 4.92. The fourth-order valence-corrected chi connectivity index (χ4v) is 3.29. The average Bonchev–Trinajstić information content (AvgIpc) is 3.35. The van der Waals surface area contributed by atoms with E-state index >= 15 is 0 Å². The lowest BCUT2D eigenvalue weighted by atomic mass is 10.0. The van der Waals surface area contributed by atoms with Gasteiger partial charge in [0.25, 0.3) is 5.91 Å². The average molecular weight is 399 g/mol. The minimum absolute atomic E-state index is 0.00148. The summed E-state index contributed by atoms with van der Waals surface area (Å²) in [6.07, 6.45) is 3.89. The molecule has 1 saturated carbocycles. The molecule has 4 N–H and O–H groups in total. The van der Waals surface area contributed by atoms with Crippen LogP contribution in [0.15, 0.2) is 30.5 Å². The largest absolute Gasteiger partial charge is 0.380 e. The number of hydrogen-bond acceptors (Lipinski definition) is 5. The topological polar surface area (TPSA) is 97.3 Å². The van der Waals surface area contributed by atoms with Gasteiger partial charge in [-0.2, -0.15) is 5.10 Å². The zero-order chi connectivity index (χ0) is 19.8. The summed E-state index contributed by atoms with van der Waals surface area (Å²) in [4.78, 5) is 16.9. The molecule has 1 unspecified atom stereocenters. The highest BCUT2D eigenvalue weighted by Gasteiger charge is 2.24. The summed E-state index contributed by atoms with van der Waals surface area (Å²) >= 11 is 6.22. The number of aryl methyl sites for hydroxylation is 1. The van der Waals surface area contributed by atoms with Crippen LogP contribution in [-0.2, 0) is 0 Å². The number of benzene rings is 1. The standard InChI is InChI=1S/C20H23ClN6O/c1-11-7-13(3-6-15(11)20(28)25-14-4-5-14)17-10-24-19-16(23-9-12(2)22)8-18(21)26-27(17)19/h3,6-8,10,12,14,23H,4-5,9,22H2,1-2H3,(H,25,28). The van der Waals surface area contributed by atoms with Gasteiger partial charge in [-0.3, -0.25) is 4.79 Å². The van der Waals surface area contributed by atoms with Gasteiger partial charge in [0.05, 0.1) is 17.6 Å². The molecule has 0 aliphatic heterocycles. The molecule has 1 aliphatic rings. The Labute approximate surface area is 168 Å². The number of carbonyl (C=O) groups is 1. The van der Waals surface area contributed by atoms with Crippen LogP contribution in [-0.4, -0.2) is 39.1 Å². The Morgan fingerprint density at radius 2 is 2.18 bits per heavy atom. The SMILES string of the molecule is Cc1cc(-c2cnc3c(NCC(C)N)cc(Cl)nn23)ccc1C(=O)NC1CC1. The molecule has 0 bridgehead atoms. The maximum atomic E-state index is 12.4. The second-order valence-corrected chi connectivity index (χ2v) is 7.78. The summed E-state index contributed by atoms with van der Waals surface area (Å²) in [7, 11) is 0. The monoisotopic (exact) mass is 398 g/mol. The van der Waals surface area contributed by atoms with Crippen LogP contribution in [0.1, 0.15) is 35.7 Å². The van der Waals surface area contributed by atoms with Gasteiger partial charge in [0.1, 0.15) is 0 Å². The number of fused-ring (bicyclic) bond motifs is 1. The number of imidazole rings is 1. The zero-order valence-corrected chi connectivity index (χ0v) is 16.6. The summed E-state index contributed by atoms with van der Waals surface area (Å²) in [5.41, 5.74) is 10.6. The van der Waals surface area contributed by atoms with Crippen molar-refractivity contribution in [2.75, 3.05) is 11.9 Å². The van der Waals surface area contributed by atoms with E-state index in [1.807, 2.05) is 32.0 Å². The Bertz CT molecular complexity index is 1040. The van der Waals surface area contributed by atoms with E-state index in [0.29, 0.717) is 29.0 Å². The Kier molecular flexibility index (Phi) is 4.95. The molecule has 0 spiro atoms. The van der Waals surface area contributed by atoms with E-state index in [2.05, 4.69) is 20.7 Å². The van der Waals surface area contributed by atoms with Crippen LogP contribution in [0.5, 0.6) is 0 Å².